The number of hydrogen-bond donors (Lipinski definition) is 1. The van der Waals surface area contributed by atoms with Crippen molar-refractivity contribution in [2.24, 2.45) is 16.8 Å². The van der Waals surface area contributed by atoms with Gasteiger partial charge in [0.25, 0.3) is 0 Å². The fraction of sp³-hybridized carbons (Fsp3) is 0.318. The van der Waals surface area contributed by atoms with Crippen LogP contribution in [0, 0.1) is 11.8 Å². The van der Waals surface area contributed by atoms with Gasteiger partial charge in [-0.3, -0.25) is 20.3 Å². The maximum atomic E-state index is 4.85. The van der Waals surface area contributed by atoms with Crippen LogP contribution in [-0.2, 0) is 13.1 Å². The SMILES string of the molecule is CC1CN(Cc2ccccc2)CC1C1=NCc2cnc(-c3cccnc3)n2N1. The Balaban J connectivity index is 1.33. The summed E-state index contributed by atoms with van der Waals surface area (Å²) in [4.78, 5) is 16.2. The van der Waals surface area contributed by atoms with Gasteiger partial charge in [-0.1, -0.05) is 37.3 Å². The third-order valence-corrected chi connectivity index (χ3v) is 5.68. The van der Waals surface area contributed by atoms with Crippen molar-refractivity contribution >= 4 is 5.84 Å². The van der Waals surface area contributed by atoms with Gasteiger partial charge in [0.05, 0.1) is 18.4 Å². The van der Waals surface area contributed by atoms with Gasteiger partial charge < -0.3 is 0 Å². The van der Waals surface area contributed by atoms with E-state index in [4.69, 9.17) is 4.99 Å². The van der Waals surface area contributed by atoms with Gasteiger partial charge in [-0.15, -0.1) is 0 Å². The Morgan fingerprint density at radius 1 is 1.07 bits per heavy atom. The summed E-state index contributed by atoms with van der Waals surface area (Å²) in [5.41, 5.74) is 7.00. The van der Waals surface area contributed by atoms with E-state index in [1.165, 1.54) is 5.56 Å². The highest BCUT2D eigenvalue weighted by Crippen LogP contribution is 2.28. The number of likely N-dealkylation sites (tertiary alicyclic amines) is 1. The monoisotopic (exact) mass is 372 g/mol. The van der Waals surface area contributed by atoms with Crippen LogP contribution in [0.1, 0.15) is 18.2 Å². The van der Waals surface area contributed by atoms with Gasteiger partial charge in [-0.05, 0) is 23.6 Å². The molecule has 1 saturated heterocycles. The average Bonchev–Trinajstić information content (AvgIpc) is 3.32. The summed E-state index contributed by atoms with van der Waals surface area (Å²) >= 11 is 0. The molecule has 4 heterocycles. The van der Waals surface area contributed by atoms with Gasteiger partial charge >= 0.3 is 0 Å². The molecule has 6 heteroatoms. The van der Waals surface area contributed by atoms with Crippen molar-refractivity contribution in [3.63, 3.8) is 0 Å². The van der Waals surface area contributed by atoms with Gasteiger partial charge in [0, 0.05) is 43.5 Å². The van der Waals surface area contributed by atoms with E-state index in [9.17, 15) is 0 Å². The number of aromatic nitrogens is 3. The van der Waals surface area contributed by atoms with Crippen molar-refractivity contribution in [3.05, 3.63) is 72.3 Å². The second-order valence-electron chi connectivity index (χ2n) is 7.73. The molecule has 0 aliphatic carbocycles. The zero-order valence-electron chi connectivity index (χ0n) is 16.0. The normalized spacial score (nSPS) is 21.8. The molecule has 2 aromatic heterocycles. The van der Waals surface area contributed by atoms with E-state index in [1.807, 2.05) is 24.5 Å². The number of hydrogen-bond acceptors (Lipinski definition) is 5. The summed E-state index contributed by atoms with van der Waals surface area (Å²) in [5, 5.41) is 0. The second-order valence-corrected chi connectivity index (χ2v) is 7.73. The van der Waals surface area contributed by atoms with Crippen molar-refractivity contribution in [1.82, 2.24) is 19.5 Å². The molecule has 6 nitrogen and oxygen atoms in total. The molecular formula is C22H24N6. The lowest BCUT2D eigenvalue weighted by molar-refractivity contribution is 0.318. The molecule has 0 bridgehead atoms. The summed E-state index contributed by atoms with van der Waals surface area (Å²) < 4.78 is 2.08. The molecule has 1 aromatic carbocycles. The van der Waals surface area contributed by atoms with Crippen LogP contribution in [0.2, 0.25) is 0 Å². The maximum Gasteiger partial charge on any atom is 0.160 e. The van der Waals surface area contributed by atoms with Crippen LogP contribution in [0.3, 0.4) is 0 Å². The smallest absolute Gasteiger partial charge is 0.160 e. The molecule has 3 aromatic rings. The van der Waals surface area contributed by atoms with Gasteiger partial charge in [0.15, 0.2) is 5.82 Å². The van der Waals surface area contributed by atoms with Crippen molar-refractivity contribution in [3.8, 4) is 11.4 Å². The fourth-order valence-corrected chi connectivity index (χ4v) is 4.23. The zero-order valence-corrected chi connectivity index (χ0v) is 16.0. The lowest BCUT2D eigenvalue weighted by Crippen LogP contribution is -2.37. The van der Waals surface area contributed by atoms with Crippen molar-refractivity contribution < 1.29 is 0 Å². The highest BCUT2D eigenvalue weighted by Gasteiger charge is 2.35. The third kappa shape index (κ3) is 3.20. The number of nitrogens with one attached hydrogen (secondary N) is 1. The molecule has 0 radical (unpaired) electrons. The van der Waals surface area contributed by atoms with Crippen LogP contribution in [0.15, 0.2) is 66.0 Å². The molecule has 2 aliphatic rings. The Hall–Kier alpha value is -2.99. The summed E-state index contributed by atoms with van der Waals surface area (Å²) in [6.45, 7) is 6.09. The number of imidazole rings is 1. The molecule has 2 unspecified atom stereocenters. The van der Waals surface area contributed by atoms with E-state index in [2.05, 4.69) is 62.2 Å². The number of benzene rings is 1. The van der Waals surface area contributed by atoms with Gasteiger partial charge in [-0.2, -0.15) is 0 Å². The molecule has 2 atom stereocenters. The first-order valence-corrected chi connectivity index (χ1v) is 9.82. The summed E-state index contributed by atoms with van der Waals surface area (Å²) in [7, 11) is 0. The average molecular weight is 372 g/mol. The molecule has 1 fully saturated rings. The highest BCUT2D eigenvalue weighted by atomic mass is 15.5. The van der Waals surface area contributed by atoms with E-state index in [1.54, 1.807) is 6.20 Å². The molecule has 0 amide bonds. The highest BCUT2D eigenvalue weighted by molar-refractivity contribution is 5.93. The number of pyridine rings is 1. The predicted molar refractivity (Wildman–Crippen MR) is 110 cm³/mol. The van der Waals surface area contributed by atoms with Crippen molar-refractivity contribution in [2.75, 3.05) is 18.5 Å². The number of aliphatic imine (C=N–C) groups is 1. The number of rotatable bonds is 4. The van der Waals surface area contributed by atoms with Crippen LogP contribution in [0.25, 0.3) is 11.4 Å². The lowest BCUT2D eigenvalue weighted by Gasteiger charge is -2.25. The maximum absolute atomic E-state index is 4.85. The zero-order chi connectivity index (χ0) is 18.9. The summed E-state index contributed by atoms with van der Waals surface area (Å²) in [6.07, 6.45) is 5.53. The molecule has 2 aliphatic heterocycles. The predicted octanol–water partition coefficient (Wildman–Crippen LogP) is 3.17. The first-order valence-electron chi connectivity index (χ1n) is 9.82. The Bertz CT molecular complexity index is 979. The number of amidine groups is 1. The van der Waals surface area contributed by atoms with E-state index in [0.29, 0.717) is 18.4 Å². The molecule has 0 saturated carbocycles. The first-order chi connectivity index (χ1) is 13.8. The van der Waals surface area contributed by atoms with E-state index >= 15 is 0 Å². The molecular weight excluding hydrogens is 348 g/mol. The number of fused-ring (bicyclic) bond motifs is 1. The Morgan fingerprint density at radius 3 is 2.79 bits per heavy atom. The first kappa shape index (κ1) is 17.1. The van der Waals surface area contributed by atoms with Crippen LogP contribution < -0.4 is 5.43 Å². The molecule has 0 spiro atoms. The summed E-state index contributed by atoms with van der Waals surface area (Å²) in [6, 6.07) is 14.7. The van der Waals surface area contributed by atoms with E-state index < -0.39 is 0 Å². The van der Waals surface area contributed by atoms with Crippen molar-refractivity contribution in [2.45, 2.75) is 20.0 Å². The van der Waals surface area contributed by atoms with Gasteiger partial charge in [0.2, 0.25) is 0 Å². The fourth-order valence-electron chi connectivity index (χ4n) is 4.23. The molecule has 28 heavy (non-hydrogen) atoms. The molecule has 1 N–H and O–H groups in total. The van der Waals surface area contributed by atoms with Crippen LogP contribution in [0.5, 0.6) is 0 Å². The Labute approximate surface area is 164 Å². The lowest BCUT2D eigenvalue weighted by atomic mass is 9.97. The van der Waals surface area contributed by atoms with Crippen LogP contribution >= 0.6 is 0 Å². The van der Waals surface area contributed by atoms with Crippen LogP contribution in [-0.4, -0.2) is 38.5 Å². The van der Waals surface area contributed by atoms with Gasteiger partial charge in [-0.25, -0.2) is 9.66 Å². The van der Waals surface area contributed by atoms with E-state index in [-0.39, 0.29) is 0 Å². The Kier molecular flexibility index (Phi) is 4.41. The molecule has 142 valence electrons. The minimum Gasteiger partial charge on any atom is -0.298 e. The third-order valence-electron chi connectivity index (χ3n) is 5.68. The van der Waals surface area contributed by atoms with Crippen molar-refractivity contribution in [1.29, 1.82) is 0 Å². The van der Waals surface area contributed by atoms with Crippen LogP contribution in [0.4, 0.5) is 0 Å². The standard InChI is InChI=1S/C22H24N6/c1-16-13-27(14-17-6-3-2-4-7-17)15-20(16)21-24-11-19-12-25-22(28(19)26-21)18-8-5-9-23-10-18/h2-10,12,16,20H,11,13-15H2,1H3,(H,24,26). The van der Waals surface area contributed by atoms with E-state index in [0.717, 1.165) is 42.6 Å². The minimum absolute atomic E-state index is 0.404. The summed E-state index contributed by atoms with van der Waals surface area (Å²) in [5.74, 6) is 2.92. The largest absolute Gasteiger partial charge is 0.298 e. The second kappa shape index (κ2) is 7.20. The minimum atomic E-state index is 0.404. The van der Waals surface area contributed by atoms with Gasteiger partial charge in [0.1, 0.15) is 5.84 Å². The Morgan fingerprint density at radius 2 is 1.96 bits per heavy atom. The molecule has 5 rings (SSSR count). The topological polar surface area (TPSA) is 58.3 Å². The quantitative estimate of drug-likeness (QED) is 0.764. The number of nitrogens with zero attached hydrogens (tertiary/aromatic N) is 5.